The summed E-state index contributed by atoms with van der Waals surface area (Å²) in [7, 11) is 0. The molecule has 2 aliphatic rings. The number of para-hydroxylation sites is 1. The molecule has 2 fully saturated rings. The van der Waals surface area contributed by atoms with Crippen LogP contribution in [0.15, 0.2) is 36.7 Å². The zero-order valence-corrected chi connectivity index (χ0v) is 14.8. The quantitative estimate of drug-likeness (QED) is 0.834. The van der Waals surface area contributed by atoms with Crippen molar-refractivity contribution < 1.29 is 13.9 Å². The molecule has 0 radical (unpaired) electrons. The van der Waals surface area contributed by atoms with E-state index in [0.717, 1.165) is 57.7 Å². The Morgan fingerprint density at radius 3 is 2.73 bits per heavy atom. The van der Waals surface area contributed by atoms with Crippen molar-refractivity contribution in [3.63, 3.8) is 0 Å². The number of ether oxygens (including phenoxy) is 2. The highest BCUT2D eigenvalue weighted by atomic mass is 19.1. The zero-order valence-electron chi connectivity index (χ0n) is 14.8. The van der Waals surface area contributed by atoms with Gasteiger partial charge in [-0.1, -0.05) is 12.1 Å². The minimum Gasteiger partial charge on any atom is -0.434 e. The number of likely N-dealkylation sites (tertiary alicyclic amines) is 1. The van der Waals surface area contributed by atoms with Gasteiger partial charge in [-0.05, 0) is 44.4 Å². The molecular formula is C20H24FN3O2. The first-order chi connectivity index (χ1) is 12.8. The lowest BCUT2D eigenvalue weighted by molar-refractivity contribution is 0.0236. The molecule has 138 valence electrons. The highest BCUT2D eigenvalue weighted by Crippen LogP contribution is 2.34. The van der Waals surface area contributed by atoms with Crippen molar-refractivity contribution in [1.29, 1.82) is 0 Å². The summed E-state index contributed by atoms with van der Waals surface area (Å²) >= 11 is 0. The van der Waals surface area contributed by atoms with E-state index in [-0.39, 0.29) is 11.7 Å². The van der Waals surface area contributed by atoms with Crippen molar-refractivity contribution in [2.45, 2.75) is 37.6 Å². The maximum atomic E-state index is 14.0. The molecule has 2 saturated heterocycles. The van der Waals surface area contributed by atoms with Crippen molar-refractivity contribution in [3.8, 4) is 11.6 Å². The van der Waals surface area contributed by atoms with Crippen LogP contribution in [-0.4, -0.2) is 47.2 Å². The molecule has 26 heavy (non-hydrogen) atoms. The van der Waals surface area contributed by atoms with Crippen LogP contribution in [0, 0.1) is 5.82 Å². The molecule has 1 aromatic heterocycles. The average Bonchev–Trinajstić information content (AvgIpc) is 2.71. The van der Waals surface area contributed by atoms with E-state index in [0.29, 0.717) is 11.9 Å². The highest BCUT2D eigenvalue weighted by molar-refractivity contribution is 5.32. The van der Waals surface area contributed by atoms with Gasteiger partial charge in [0.15, 0.2) is 11.6 Å². The molecule has 0 aliphatic carbocycles. The van der Waals surface area contributed by atoms with Gasteiger partial charge in [-0.2, -0.15) is 0 Å². The van der Waals surface area contributed by atoms with Gasteiger partial charge in [-0.3, -0.25) is 9.88 Å². The standard InChI is InChI=1S/C20H24FN3O2/c21-17-5-1-2-6-18(17)26-20-19(22-9-10-23-20)15-4-3-11-24(14-15)16-7-12-25-13-8-16/h1-2,5-6,9-10,15-16H,3-4,7-8,11-14H2. The predicted molar refractivity (Wildman–Crippen MR) is 95.9 cm³/mol. The van der Waals surface area contributed by atoms with Crippen LogP contribution in [0.3, 0.4) is 0 Å². The number of hydrogen-bond acceptors (Lipinski definition) is 5. The number of rotatable bonds is 4. The Bertz CT molecular complexity index is 737. The normalized spacial score (nSPS) is 22.3. The van der Waals surface area contributed by atoms with Crippen LogP contribution in [0.2, 0.25) is 0 Å². The lowest BCUT2D eigenvalue weighted by atomic mass is 9.92. The van der Waals surface area contributed by atoms with Gasteiger partial charge in [0.05, 0.1) is 0 Å². The van der Waals surface area contributed by atoms with E-state index >= 15 is 0 Å². The summed E-state index contributed by atoms with van der Waals surface area (Å²) in [5.41, 5.74) is 0.826. The Hall–Kier alpha value is -2.05. The fraction of sp³-hybridized carbons (Fsp3) is 0.500. The molecule has 0 N–H and O–H groups in total. The van der Waals surface area contributed by atoms with E-state index < -0.39 is 5.82 Å². The monoisotopic (exact) mass is 357 g/mol. The number of nitrogens with zero attached hydrogens (tertiary/aromatic N) is 3. The van der Waals surface area contributed by atoms with Crippen LogP contribution in [0.4, 0.5) is 4.39 Å². The molecule has 5 nitrogen and oxygen atoms in total. The lowest BCUT2D eigenvalue weighted by Crippen LogP contribution is -2.44. The second-order valence-electron chi connectivity index (χ2n) is 6.96. The smallest absolute Gasteiger partial charge is 0.241 e. The minimum atomic E-state index is -0.392. The van der Waals surface area contributed by atoms with Crippen molar-refractivity contribution in [2.24, 2.45) is 0 Å². The molecular weight excluding hydrogens is 333 g/mol. The highest BCUT2D eigenvalue weighted by Gasteiger charge is 2.30. The molecule has 4 rings (SSSR count). The fourth-order valence-corrected chi connectivity index (χ4v) is 3.94. The summed E-state index contributed by atoms with van der Waals surface area (Å²) in [6.45, 7) is 3.75. The van der Waals surface area contributed by atoms with Crippen molar-refractivity contribution in [1.82, 2.24) is 14.9 Å². The van der Waals surface area contributed by atoms with Crippen LogP contribution < -0.4 is 4.74 Å². The van der Waals surface area contributed by atoms with E-state index in [1.807, 2.05) is 0 Å². The largest absolute Gasteiger partial charge is 0.434 e. The molecule has 2 aromatic rings. The van der Waals surface area contributed by atoms with E-state index in [1.165, 1.54) is 6.07 Å². The van der Waals surface area contributed by atoms with Crippen LogP contribution in [0.25, 0.3) is 0 Å². The number of hydrogen-bond donors (Lipinski definition) is 0. The third kappa shape index (κ3) is 3.86. The second kappa shape index (κ2) is 8.10. The summed E-state index contributed by atoms with van der Waals surface area (Å²) in [4.78, 5) is 11.4. The number of halogens is 1. The molecule has 3 heterocycles. The van der Waals surface area contributed by atoms with E-state index in [2.05, 4.69) is 14.9 Å². The summed E-state index contributed by atoms with van der Waals surface area (Å²) in [5, 5.41) is 0. The first kappa shape index (κ1) is 17.4. The molecule has 0 bridgehead atoms. The molecule has 6 heteroatoms. The Kier molecular flexibility index (Phi) is 5.41. The van der Waals surface area contributed by atoms with Gasteiger partial charge in [-0.25, -0.2) is 9.37 Å². The average molecular weight is 357 g/mol. The maximum absolute atomic E-state index is 14.0. The Morgan fingerprint density at radius 2 is 1.88 bits per heavy atom. The van der Waals surface area contributed by atoms with E-state index in [4.69, 9.17) is 9.47 Å². The van der Waals surface area contributed by atoms with Gasteiger partial charge in [0.1, 0.15) is 5.69 Å². The lowest BCUT2D eigenvalue weighted by Gasteiger charge is -2.39. The Labute approximate surface area is 153 Å². The van der Waals surface area contributed by atoms with E-state index in [9.17, 15) is 4.39 Å². The van der Waals surface area contributed by atoms with Crippen molar-refractivity contribution in [3.05, 3.63) is 48.2 Å². The topological polar surface area (TPSA) is 47.5 Å². The van der Waals surface area contributed by atoms with Crippen molar-refractivity contribution in [2.75, 3.05) is 26.3 Å². The third-order valence-electron chi connectivity index (χ3n) is 5.28. The van der Waals surface area contributed by atoms with Gasteiger partial charge in [0.2, 0.25) is 5.88 Å². The molecule has 1 atom stereocenters. The Morgan fingerprint density at radius 1 is 1.08 bits per heavy atom. The molecule has 0 spiro atoms. The molecule has 0 amide bonds. The van der Waals surface area contributed by atoms with Crippen LogP contribution in [-0.2, 0) is 4.74 Å². The van der Waals surface area contributed by atoms with Gasteiger partial charge < -0.3 is 9.47 Å². The molecule has 0 saturated carbocycles. The summed E-state index contributed by atoms with van der Waals surface area (Å²) in [6.07, 6.45) is 7.64. The summed E-state index contributed by atoms with van der Waals surface area (Å²) in [6, 6.07) is 6.98. The fourth-order valence-electron chi connectivity index (χ4n) is 3.94. The first-order valence-corrected chi connectivity index (χ1v) is 9.36. The molecule has 2 aliphatic heterocycles. The number of piperidine rings is 1. The van der Waals surface area contributed by atoms with Crippen molar-refractivity contribution >= 4 is 0 Å². The van der Waals surface area contributed by atoms with Crippen LogP contribution in [0.1, 0.15) is 37.3 Å². The first-order valence-electron chi connectivity index (χ1n) is 9.36. The van der Waals surface area contributed by atoms with Crippen LogP contribution in [0.5, 0.6) is 11.6 Å². The minimum absolute atomic E-state index is 0.186. The molecule has 1 aromatic carbocycles. The van der Waals surface area contributed by atoms with Crippen LogP contribution >= 0.6 is 0 Å². The third-order valence-corrected chi connectivity index (χ3v) is 5.28. The SMILES string of the molecule is Fc1ccccc1Oc1nccnc1C1CCCN(C2CCOCC2)C1. The predicted octanol–water partition coefficient (Wildman–Crippen LogP) is 3.77. The van der Waals surface area contributed by atoms with Gasteiger partial charge in [-0.15, -0.1) is 0 Å². The van der Waals surface area contributed by atoms with Gasteiger partial charge in [0, 0.05) is 44.1 Å². The van der Waals surface area contributed by atoms with Gasteiger partial charge in [0.25, 0.3) is 0 Å². The molecule has 1 unspecified atom stereocenters. The number of aromatic nitrogens is 2. The zero-order chi connectivity index (χ0) is 17.8. The second-order valence-corrected chi connectivity index (χ2v) is 6.96. The Balaban J connectivity index is 1.52. The maximum Gasteiger partial charge on any atom is 0.241 e. The van der Waals surface area contributed by atoms with Gasteiger partial charge >= 0.3 is 0 Å². The van der Waals surface area contributed by atoms with E-state index in [1.54, 1.807) is 30.6 Å². The summed E-state index contributed by atoms with van der Waals surface area (Å²) in [5.74, 6) is 0.460. The number of benzene rings is 1. The summed E-state index contributed by atoms with van der Waals surface area (Å²) < 4.78 is 25.2.